The lowest BCUT2D eigenvalue weighted by molar-refractivity contribution is -0.129. The fraction of sp³-hybridized carbons (Fsp3) is 0.393. The number of benzene rings is 2. The molecular weight excluding hydrogens is 558 g/mol. The first-order valence-corrected chi connectivity index (χ1v) is 13.6. The molecule has 1 saturated heterocycles. The van der Waals surface area contributed by atoms with Crippen LogP contribution in [0, 0.1) is 0 Å². The zero-order chi connectivity index (χ0) is 26.5. The molecule has 3 heterocycles. The maximum absolute atomic E-state index is 14.3. The number of hydrogen-bond acceptors (Lipinski definition) is 7. The minimum Gasteiger partial charge on any atom is -0.423 e. The molecule has 38 heavy (non-hydrogen) atoms. The number of rotatable bonds is 9. The van der Waals surface area contributed by atoms with Gasteiger partial charge in [0.15, 0.2) is 0 Å². The largest absolute Gasteiger partial charge is 0.423 e. The topological polar surface area (TPSA) is 67.8 Å². The number of ether oxygens (including phenoxy) is 2. The van der Waals surface area contributed by atoms with Crippen molar-refractivity contribution >= 4 is 44.3 Å². The molecule has 0 aliphatic carbocycles. The van der Waals surface area contributed by atoms with E-state index in [0.29, 0.717) is 48.9 Å². The molecule has 0 radical (unpaired) electrons. The van der Waals surface area contributed by atoms with Crippen molar-refractivity contribution in [3.05, 3.63) is 64.9 Å². The van der Waals surface area contributed by atoms with E-state index in [1.165, 1.54) is 11.9 Å². The van der Waals surface area contributed by atoms with Crippen LogP contribution in [-0.4, -0.2) is 66.2 Å². The van der Waals surface area contributed by atoms with E-state index in [1.54, 1.807) is 18.2 Å². The molecule has 1 fully saturated rings. The van der Waals surface area contributed by atoms with Crippen LogP contribution in [0.25, 0.3) is 10.9 Å². The summed E-state index contributed by atoms with van der Waals surface area (Å²) in [6, 6.07) is 11.2. The first-order valence-electron chi connectivity index (χ1n) is 12.8. The first-order chi connectivity index (χ1) is 18.4. The molecule has 2 aliphatic rings. The van der Waals surface area contributed by atoms with Crippen LogP contribution < -0.4 is 9.64 Å². The molecule has 10 heteroatoms. The highest BCUT2D eigenvalue weighted by atomic mass is 79.9. The SMILES string of the molecule is O=C(C=CC(F)(F)CCCCN1CCOCC1)Oc1ccc2ncnc(N3CCc4ccc(Br)cc43)c2c1. The number of nitrogens with zero attached hydrogens (tertiary/aromatic N) is 4. The summed E-state index contributed by atoms with van der Waals surface area (Å²) < 4.78 is 40.3. The third-order valence-corrected chi connectivity index (χ3v) is 7.30. The Hall–Kier alpha value is -2.95. The summed E-state index contributed by atoms with van der Waals surface area (Å²) in [5.74, 6) is -2.99. The zero-order valence-corrected chi connectivity index (χ0v) is 22.5. The van der Waals surface area contributed by atoms with Gasteiger partial charge in [-0.05, 0) is 67.8 Å². The maximum Gasteiger partial charge on any atom is 0.336 e. The molecule has 1 aromatic heterocycles. The van der Waals surface area contributed by atoms with E-state index >= 15 is 0 Å². The van der Waals surface area contributed by atoms with Crippen molar-refractivity contribution < 1.29 is 23.0 Å². The Morgan fingerprint density at radius 2 is 1.95 bits per heavy atom. The Morgan fingerprint density at radius 1 is 1.11 bits per heavy atom. The van der Waals surface area contributed by atoms with Gasteiger partial charge in [-0.3, -0.25) is 4.90 Å². The average molecular weight is 587 g/mol. The van der Waals surface area contributed by atoms with Crippen molar-refractivity contribution in [2.45, 2.75) is 31.6 Å². The Bertz CT molecular complexity index is 1330. The van der Waals surface area contributed by atoms with Gasteiger partial charge in [-0.25, -0.2) is 23.5 Å². The lowest BCUT2D eigenvalue weighted by Gasteiger charge is -2.26. The van der Waals surface area contributed by atoms with Crippen molar-refractivity contribution in [1.82, 2.24) is 14.9 Å². The minimum absolute atomic E-state index is 0.241. The van der Waals surface area contributed by atoms with Gasteiger partial charge in [-0.15, -0.1) is 0 Å². The number of morpholine rings is 1. The molecule has 0 saturated carbocycles. The molecule has 0 amide bonds. The van der Waals surface area contributed by atoms with E-state index in [0.717, 1.165) is 48.8 Å². The lowest BCUT2D eigenvalue weighted by atomic mass is 10.1. The van der Waals surface area contributed by atoms with Crippen LogP contribution in [0.1, 0.15) is 24.8 Å². The Labute approximate surface area is 228 Å². The van der Waals surface area contributed by atoms with Crippen LogP contribution in [0.5, 0.6) is 5.75 Å². The van der Waals surface area contributed by atoms with Gasteiger partial charge in [0.25, 0.3) is 5.92 Å². The normalized spacial score (nSPS) is 16.3. The van der Waals surface area contributed by atoms with E-state index < -0.39 is 11.9 Å². The van der Waals surface area contributed by atoms with Crippen LogP contribution in [0.3, 0.4) is 0 Å². The molecule has 200 valence electrons. The van der Waals surface area contributed by atoms with Gasteiger partial charge in [0, 0.05) is 47.7 Å². The standard InChI is InChI=1S/C28H29BrF2N4O3/c29-21-4-3-20-8-12-35(25(20)17-21)27-23-18-22(5-6-24(23)32-19-33-27)38-26(36)7-10-28(30,31)9-1-2-11-34-13-15-37-16-14-34/h3-7,10,17-19H,1-2,8-9,11-16H2. The summed E-state index contributed by atoms with van der Waals surface area (Å²) in [5, 5.41) is 0.709. The number of hydrogen-bond donors (Lipinski definition) is 0. The lowest BCUT2D eigenvalue weighted by Crippen LogP contribution is -2.36. The van der Waals surface area contributed by atoms with Crippen molar-refractivity contribution in [2.24, 2.45) is 0 Å². The first kappa shape index (κ1) is 26.6. The number of alkyl halides is 2. The highest BCUT2D eigenvalue weighted by Crippen LogP contribution is 2.38. The Morgan fingerprint density at radius 3 is 2.79 bits per heavy atom. The van der Waals surface area contributed by atoms with Gasteiger partial charge in [0.2, 0.25) is 0 Å². The average Bonchev–Trinajstić information content (AvgIpc) is 3.33. The predicted octanol–water partition coefficient (Wildman–Crippen LogP) is 5.69. The summed E-state index contributed by atoms with van der Waals surface area (Å²) in [4.78, 5) is 25.5. The number of fused-ring (bicyclic) bond motifs is 2. The summed E-state index contributed by atoms with van der Waals surface area (Å²) in [6.45, 7) is 4.60. The molecule has 2 aliphatic heterocycles. The second kappa shape index (κ2) is 11.8. The molecule has 0 spiro atoms. The number of aromatic nitrogens is 2. The van der Waals surface area contributed by atoms with Crippen LogP contribution >= 0.6 is 15.9 Å². The highest BCUT2D eigenvalue weighted by Gasteiger charge is 2.26. The third kappa shape index (κ3) is 6.54. The summed E-state index contributed by atoms with van der Waals surface area (Å²) in [5.41, 5.74) is 2.96. The van der Waals surface area contributed by atoms with E-state index in [-0.39, 0.29) is 12.2 Å². The van der Waals surface area contributed by atoms with Crippen LogP contribution in [0.15, 0.2) is 59.4 Å². The van der Waals surface area contributed by atoms with E-state index in [2.05, 4.69) is 41.8 Å². The van der Waals surface area contributed by atoms with Gasteiger partial charge in [0.05, 0.1) is 18.7 Å². The number of halogens is 3. The molecule has 0 N–H and O–H groups in total. The van der Waals surface area contributed by atoms with Crippen LogP contribution in [0.2, 0.25) is 0 Å². The quantitative estimate of drug-likeness (QED) is 0.138. The van der Waals surface area contributed by atoms with Gasteiger partial charge in [-0.1, -0.05) is 22.0 Å². The Kier molecular flexibility index (Phi) is 8.30. The van der Waals surface area contributed by atoms with Gasteiger partial charge in [0.1, 0.15) is 17.9 Å². The van der Waals surface area contributed by atoms with Crippen LogP contribution in [0.4, 0.5) is 20.3 Å². The number of unbranched alkanes of at least 4 members (excludes halogenated alkanes) is 1. The van der Waals surface area contributed by atoms with Gasteiger partial charge in [-0.2, -0.15) is 0 Å². The number of allylic oxidation sites excluding steroid dienone is 1. The fourth-order valence-corrected chi connectivity index (χ4v) is 5.17. The smallest absolute Gasteiger partial charge is 0.336 e. The predicted molar refractivity (Wildman–Crippen MR) is 145 cm³/mol. The number of carbonyl (C=O) groups is 1. The number of esters is 1. The van der Waals surface area contributed by atoms with Crippen molar-refractivity contribution in [1.29, 1.82) is 0 Å². The summed E-state index contributed by atoms with van der Waals surface area (Å²) in [6.07, 6.45) is 4.56. The van der Waals surface area contributed by atoms with Crippen LogP contribution in [-0.2, 0) is 16.0 Å². The number of carbonyl (C=O) groups excluding carboxylic acids is 1. The molecule has 2 aromatic carbocycles. The molecule has 0 bridgehead atoms. The highest BCUT2D eigenvalue weighted by molar-refractivity contribution is 9.10. The molecular formula is C28H29BrF2N4O3. The third-order valence-electron chi connectivity index (χ3n) is 6.80. The van der Waals surface area contributed by atoms with Crippen molar-refractivity contribution in [3.63, 3.8) is 0 Å². The van der Waals surface area contributed by atoms with Gasteiger partial charge >= 0.3 is 5.97 Å². The number of anilines is 2. The van der Waals surface area contributed by atoms with E-state index in [1.807, 2.05) is 12.1 Å². The fourth-order valence-electron chi connectivity index (χ4n) is 4.82. The molecule has 7 nitrogen and oxygen atoms in total. The molecule has 3 aromatic rings. The van der Waals surface area contributed by atoms with Crippen molar-refractivity contribution in [3.8, 4) is 5.75 Å². The zero-order valence-electron chi connectivity index (χ0n) is 20.9. The van der Waals surface area contributed by atoms with Gasteiger partial charge < -0.3 is 14.4 Å². The molecule has 0 atom stereocenters. The van der Waals surface area contributed by atoms with E-state index in [4.69, 9.17) is 9.47 Å². The monoisotopic (exact) mass is 586 g/mol. The second-order valence-corrected chi connectivity index (χ2v) is 10.4. The van der Waals surface area contributed by atoms with E-state index in [9.17, 15) is 13.6 Å². The minimum atomic E-state index is -3.08. The summed E-state index contributed by atoms with van der Waals surface area (Å²) >= 11 is 3.53. The van der Waals surface area contributed by atoms with Crippen molar-refractivity contribution in [2.75, 3.05) is 44.3 Å². The summed E-state index contributed by atoms with van der Waals surface area (Å²) in [7, 11) is 0. The molecule has 5 rings (SSSR count). The molecule has 0 unspecified atom stereocenters. The maximum atomic E-state index is 14.3. The Balaban J connectivity index is 1.22. The second-order valence-electron chi connectivity index (χ2n) is 9.48.